The van der Waals surface area contributed by atoms with E-state index in [0.29, 0.717) is 6.61 Å². The van der Waals surface area contributed by atoms with Gasteiger partial charge >= 0.3 is 0 Å². The van der Waals surface area contributed by atoms with Crippen molar-refractivity contribution in [3.63, 3.8) is 0 Å². The SMILES string of the molecule is COc1ccc(NCc2ccc(OCc3ccc(Cl)cc3)c(Br)c2)cc1. The van der Waals surface area contributed by atoms with E-state index >= 15 is 0 Å². The van der Waals surface area contributed by atoms with Crippen molar-refractivity contribution in [3.8, 4) is 11.5 Å². The second-order valence-electron chi connectivity index (χ2n) is 5.76. The Morgan fingerprint density at radius 1 is 0.923 bits per heavy atom. The van der Waals surface area contributed by atoms with Crippen LogP contribution < -0.4 is 14.8 Å². The van der Waals surface area contributed by atoms with Crippen molar-refractivity contribution in [1.29, 1.82) is 0 Å². The minimum absolute atomic E-state index is 0.499. The third-order valence-electron chi connectivity index (χ3n) is 3.89. The Bertz CT molecular complexity index is 851. The Morgan fingerprint density at radius 3 is 2.27 bits per heavy atom. The van der Waals surface area contributed by atoms with Crippen molar-refractivity contribution >= 4 is 33.2 Å². The zero-order chi connectivity index (χ0) is 18.4. The highest BCUT2D eigenvalue weighted by Crippen LogP contribution is 2.27. The summed E-state index contributed by atoms with van der Waals surface area (Å²) < 4.78 is 12.0. The van der Waals surface area contributed by atoms with Gasteiger partial charge in [0.05, 0.1) is 11.6 Å². The average Bonchev–Trinajstić information content (AvgIpc) is 2.67. The molecule has 0 amide bonds. The van der Waals surface area contributed by atoms with E-state index in [-0.39, 0.29) is 0 Å². The number of methoxy groups -OCH3 is 1. The fourth-order valence-electron chi connectivity index (χ4n) is 2.43. The maximum atomic E-state index is 5.90. The molecule has 3 rings (SSSR count). The fourth-order valence-corrected chi connectivity index (χ4v) is 3.09. The van der Waals surface area contributed by atoms with E-state index in [0.717, 1.165) is 44.4 Å². The molecule has 0 saturated carbocycles. The normalized spacial score (nSPS) is 10.4. The van der Waals surface area contributed by atoms with Gasteiger partial charge in [0.25, 0.3) is 0 Å². The summed E-state index contributed by atoms with van der Waals surface area (Å²) in [5.74, 6) is 1.66. The van der Waals surface area contributed by atoms with Crippen molar-refractivity contribution in [1.82, 2.24) is 0 Å². The van der Waals surface area contributed by atoms with Crippen molar-refractivity contribution in [2.75, 3.05) is 12.4 Å². The Kier molecular flexibility index (Phi) is 6.42. The number of nitrogens with one attached hydrogen (secondary N) is 1. The van der Waals surface area contributed by atoms with E-state index in [9.17, 15) is 0 Å². The molecule has 134 valence electrons. The predicted molar refractivity (Wildman–Crippen MR) is 110 cm³/mol. The molecule has 0 aliphatic carbocycles. The molecule has 0 fully saturated rings. The molecular weight excluding hydrogens is 414 g/mol. The molecule has 3 aromatic rings. The quantitative estimate of drug-likeness (QED) is 0.475. The van der Waals surface area contributed by atoms with Gasteiger partial charge in [0.15, 0.2) is 0 Å². The molecule has 1 N–H and O–H groups in total. The third kappa shape index (κ3) is 5.16. The monoisotopic (exact) mass is 431 g/mol. The number of rotatable bonds is 7. The Hall–Kier alpha value is -2.17. The summed E-state index contributed by atoms with van der Waals surface area (Å²) in [7, 11) is 1.66. The number of hydrogen-bond acceptors (Lipinski definition) is 3. The molecule has 0 aromatic heterocycles. The smallest absolute Gasteiger partial charge is 0.134 e. The van der Waals surface area contributed by atoms with E-state index in [1.165, 1.54) is 0 Å². The van der Waals surface area contributed by atoms with Crippen LogP contribution in [0.4, 0.5) is 5.69 Å². The second kappa shape index (κ2) is 8.97. The average molecular weight is 433 g/mol. The first kappa shape index (κ1) is 18.6. The lowest BCUT2D eigenvalue weighted by Crippen LogP contribution is -2.00. The highest BCUT2D eigenvalue weighted by Gasteiger charge is 2.04. The van der Waals surface area contributed by atoms with E-state index in [4.69, 9.17) is 21.1 Å². The van der Waals surface area contributed by atoms with Gasteiger partial charge in [-0.3, -0.25) is 0 Å². The molecule has 0 bridgehead atoms. The molecule has 0 aliphatic heterocycles. The maximum absolute atomic E-state index is 5.90. The molecule has 3 nitrogen and oxygen atoms in total. The second-order valence-corrected chi connectivity index (χ2v) is 7.05. The molecule has 0 heterocycles. The molecule has 26 heavy (non-hydrogen) atoms. The van der Waals surface area contributed by atoms with Crippen LogP contribution in [0, 0.1) is 0 Å². The largest absolute Gasteiger partial charge is 0.497 e. The summed E-state index contributed by atoms with van der Waals surface area (Å²) in [6.45, 7) is 1.22. The van der Waals surface area contributed by atoms with Gasteiger partial charge in [0.2, 0.25) is 0 Å². The van der Waals surface area contributed by atoms with Gasteiger partial charge in [-0.05, 0) is 75.6 Å². The third-order valence-corrected chi connectivity index (χ3v) is 4.76. The summed E-state index contributed by atoms with van der Waals surface area (Å²) in [6, 6.07) is 21.6. The lowest BCUT2D eigenvalue weighted by atomic mass is 10.2. The first-order valence-corrected chi connectivity index (χ1v) is 9.35. The van der Waals surface area contributed by atoms with Gasteiger partial charge in [0.1, 0.15) is 18.1 Å². The highest BCUT2D eigenvalue weighted by atomic mass is 79.9. The van der Waals surface area contributed by atoms with Crippen LogP contribution in [0.5, 0.6) is 11.5 Å². The molecular formula is C21H19BrClNO2. The highest BCUT2D eigenvalue weighted by molar-refractivity contribution is 9.10. The summed E-state index contributed by atoms with van der Waals surface area (Å²) >= 11 is 9.49. The molecule has 0 unspecified atom stereocenters. The molecule has 3 aromatic carbocycles. The number of benzene rings is 3. The number of hydrogen-bond donors (Lipinski definition) is 1. The topological polar surface area (TPSA) is 30.5 Å². The Balaban J connectivity index is 1.57. The summed E-state index contributed by atoms with van der Waals surface area (Å²) in [5.41, 5.74) is 3.28. The van der Waals surface area contributed by atoms with Gasteiger partial charge in [-0.15, -0.1) is 0 Å². The minimum atomic E-state index is 0.499. The van der Waals surface area contributed by atoms with Crippen molar-refractivity contribution in [2.45, 2.75) is 13.2 Å². The van der Waals surface area contributed by atoms with Crippen LogP contribution in [0.1, 0.15) is 11.1 Å². The predicted octanol–water partition coefficient (Wildman–Crippen LogP) is 6.30. The molecule has 0 saturated heterocycles. The first-order chi connectivity index (χ1) is 12.6. The minimum Gasteiger partial charge on any atom is -0.497 e. The van der Waals surface area contributed by atoms with Gasteiger partial charge < -0.3 is 14.8 Å². The van der Waals surface area contributed by atoms with Gasteiger partial charge in [-0.25, -0.2) is 0 Å². The van der Waals surface area contributed by atoms with E-state index in [1.807, 2.05) is 54.6 Å². The summed E-state index contributed by atoms with van der Waals surface area (Å²) in [6.07, 6.45) is 0. The van der Waals surface area contributed by atoms with Crippen LogP contribution in [0.3, 0.4) is 0 Å². The standard InChI is InChI=1S/C21H19BrClNO2/c1-25-19-9-7-18(8-10-19)24-13-16-4-11-21(20(22)12-16)26-14-15-2-5-17(23)6-3-15/h2-12,24H,13-14H2,1H3. The van der Waals surface area contributed by atoms with Gasteiger partial charge in [-0.1, -0.05) is 29.8 Å². The van der Waals surface area contributed by atoms with E-state index < -0.39 is 0 Å². The lowest BCUT2D eigenvalue weighted by molar-refractivity contribution is 0.304. The molecule has 5 heteroatoms. The van der Waals surface area contributed by atoms with Gasteiger partial charge in [0, 0.05) is 17.3 Å². The van der Waals surface area contributed by atoms with Crippen LogP contribution in [0.15, 0.2) is 71.2 Å². The number of anilines is 1. The van der Waals surface area contributed by atoms with Crippen LogP contribution in [0.2, 0.25) is 5.02 Å². The maximum Gasteiger partial charge on any atom is 0.134 e. The molecule has 0 spiro atoms. The van der Waals surface area contributed by atoms with E-state index in [2.05, 4.69) is 33.4 Å². The van der Waals surface area contributed by atoms with Crippen molar-refractivity contribution in [2.24, 2.45) is 0 Å². The van der Waals surface area contributed by atoms with Crippen molar-refractivity contribution in [3.05, 3.63) is 87.4 Å². The zero-order valence-electron chi connectivity index (χ0n) is 14.3. The number of halogens is 2. The Morgan fingerprint density at radius 2 is 1.62 bits per heavy atom. The molecule has 0 aliphatic rings. The van der Waals surface area contributed by atoms with E-state index in [1.54, 1.807) is 7.11 Å². The Labute approximate surface area is 167 Å². The van der Waals surface area contributed by atoms with Crippen molar-refractivity contribution < 1.29 is 9.47 Å². The summed E-state index contributed by atoms with van der Waals surface area (Å²) in [5, 5.41) is 4.12. The first-order valence-electron chi connectivity index (χ1n) is 8.17. The fraction of sp³-hybridized carbons (Fsp3) is 0.143. The molecule has 0 radical (unpaired) electrons. The van der Waals surface area contributed by atoms with Gasteiger partial charge in [-0.2, -0.15) is 0 Å². The molecule has 0 atom stereocenters. The lowest BCUT2D eigenvalue weighted by Gasteiger charge is -2.11. The van der Waals surface area contributed by atoms with Crippen LogP contribution in [-0.4, -0.2) is 7.11 Å². The van der Waals surface area contributed by atoms with Crippen LogP contribution >= 0.6 is 27.5 Å². The number of ether oxygens (including phenoxy) is 2. The zero-order valence-corrected chi connectivity index (χ0v) is 16.7. The summed E-state index contributed by atoms with van der Waals surface area (Å²) in [4.78, 5) is 0. The van der Waals surface area contributed by atoms with Crippen LogP contribution in [0.25, 0.3) is 0 Å². The van der Waals surface area contributed by atoms with Crippen LogP contribution in [-0.2, 0) is 13.2 Å².